The van der Waals surface area contributed by atoms with E-state index in [4.69, 9.17) is 15.6 Å². The fourth-order valence-corrected chi connectivity index (χ4v) is 5.32. The second-order valence-corrected chi connectivity index (χ2v) is 11.3. The average molecular weight is 609 g/mol. The molecule has 0 spiro atoms. The second kappa shape index (κ2) is 18.2. The highest BCUT2D eigenvalue weighted by atomic mass is 16.5. The number of amides is 1. The third-order valence-electron chi connectivity index (χ3n) is 8.03. The number of benzene rings is 1. The van der Waals surface area contributed by atoms with Crippen molar-refractivity contribution in [2.75, 3.05) is 24.6 Å². The number of hydrogen-bond acceptors (Lipinski definition) is 9. The van der Waals surface area contributed by atoms with Crippen LogP contribution in [0.25, 0.3) is 11.0 Å². The molecule has 10 nitrogen and oxygen atoms in total. The summed E-state index contributed by atoms with van der Waals surface area (Å²) in [5, 5.41) is 31.8. The Kier molecular flexibility index (Phi) is 14.4. The molecule has 3 N–H and O–H groups in total. The van der Waals surface area contributed by atoms with Crippen LogP contribution in [0.5, 0.6) is 0 Å². The molecule has 2 aromatic rings. The van der Waals surface area contributed by atoms with Gasteiger partial charge in [0.05, 0.1) is 18.8 Å². The molecule has 0 fully saturated rings. The third kappa shape index (κ3) is 11.1. The first-order valence-electron chi connectivity index (χ1n) is 15.9. The summed E-state index contributed by atoms with van der Waals surface area (Å²) in [7, 11) is 0. The van der Waals surface area contributed by atoms with Crippen LogP contribution in [-0.4, -0.2) is 53.8 Å². The van der Waals surface area contributed by atoms with Crippen LogP contribution in [0, 0.1) is 12.3 Å². The minimum absolute atomic E-state index is 0.133. The van der Waals surface area contributed by atoms with E-state index in [2.05, 4.69) is 26.4 Å². The number of aliphatic hydroxyl groups excluding tert-OH is 2. The number of anilines is 1. The topological polar surface area (TPSA) is 137 Å². The summed E-state index contributed by atoms with van der Waals surface area (Å²) in [4.78, 5) is 26.8. The summed E-state index contributed by atoms with van der Waals surface area (Å²) in [6.07, 6.45) is 18.2. The molecule has 0 bridgehead atoms. The molecule has 0 saturated heterocycles. The standard InChI is InChI=1S/C34H48N4O6/c1-4-7-15-20-34(36-37-34)21-16-13-11-9-8-10-12-14-17-30(40)29(24-39)35-33(42)43-25-26-22-32(41)44-31-23-27(18-19-28(26)31)38(5-2)6-3/h1,14,17-19,22-23,29-30,39-40H,5-13,15-16,20-21,24-25H2,2-3H3,(H,35,42)/b17-14+/t29-,30+/m0/s1. The van der Waals surface area contributed by atoms with Gasteiger partial charge in [0.15, 0.2) is 5.66 Å². The lowest BCUT2D eigenvalue weighted by Gasteiger charge is -2.21. The van der Waals surface area contributed by atoms with E-state index in [0.717, 1.165) is 76.6 Å². The monoisotopic (exact) mass is 608 g/mol. The first-order chi connectivity index (χ1) is 21.3. The number of unbranched alkanes of at least 4 members (excludes halogenated alkanes) is 7. The van der Waals surface area contributed by atoms with Gasteiger partial charge in [-0.2, -0.15) is 10.2 Å². The van der Waals surface area contributed by atoms with Gasteiger partial charge in [-0.1, -0.05) is 37.8 Å². The van der Waals surface area contributed by atoms with Crippen LogP contribution >= 0.6 is 0 Å². The Morgan fingerprint density at radius 3 is 2.50 bits per heavy atom. The fraction of sp³-hybridized carbons (Fsp3) is 0.588. The Morgan fingerprint density at radius 1 is 1.11 bits per heavy atom. The maximum Gasteiger partial charge on any atom is 0.407 e. The number of alkyl carbamates (subject to hydrolysis) is 1. The van der Waals surface area contributed by atoms with Gasteiger partial charge >= 0.3 is 11.7 Å². The summed E-state index contributed by atoms with van der Waals surface area (Å²) < 4.78 is 10.7. The molecule has 1 aromatic carbocycles. The Balaban J connectivity index is 1.34. The minimum Gasteiger partial charge on any atom is -0.445 e. The van der Waals surface area contributed by atoms with Crippen LogP contribution in [0.2, 0.25) is 0 Å². The van der Waals surface area contributed by atoms with Gasteiger partial charge in [-0.3, -0.25) is 0 Å². The van der Waals surface area contributed by atoms with Gasteiger partial charge in [-0.05, 0) is 64.5 Å². The predicted octanol–water partition coefficient (Wildman–Crippen LogP) is 6.23. The largest absolute Gasteiger partial charge is 0.445 e. The van der Waals surface area contributed by atoms with Crippen LogP contribution < -0.4 is 15.8 Å². The molecule has 2 heterocycles. The van der Waals surface area contributed by atoms with Crippen molar-refractivity contribution in [3.63, 3.8) is 0 Å². The van der Waals surface area contributed by atoms with E-state index in [1.54, 1.807) is 12.1 Å². The Hall–Kier alpha value is -3.68. The number of allylic oxidation sites excluding steroid dienone is 1. The van der Waals surface area contributed by atoms with Crippen LogP contribution in [0.1, 0.15) is 90.0 Å². The number of terminal acetylenes is 1. The molecule has 0 unspecified atom stereocenters. The zero-order valence-electron chi connectivity index (χ0n) is 26.2. The molecule has 1 amide bonds. The van der Waals surface area contributed by atoms with Gasteiger partial charge in [0.25, 0.3) is 0 Å². The van der Waals surface area contributed by atoms with E-state index in [0.29, 0.717) is 16.5 Å². The van der Waals surface area contributed by atoms with Crippen molar-refractivity contribution in [3.05, 3.63) is 52.4 Å². The zero-order valence-corrected chi connectivity index (χ0v) is 26.2. The molecule has 0 aliphatic carbocycles. The Morgan fingerprint density at radius 2 is 1.82 bits per heavy atom. The summed E-state index contributed by atoms with van der Waals surface area (Å²) >= 11 is 0. The van der Waals surface area contributed by atoms with Crippen molar-refractivity contribution in [2.45, 2.75) is 109 Å². The Bertz CT molecular complexity index is 1340. The highest BCUT2D eigenvalue weighted by Crippen LogP contribution is 2.38. The van der Waals surface area contributed by atoms with Crippen molar-refractivity contribution in [2.24, 2.45) is 10.2 Å². The van der Waals surface area contributed by atoms with E-state index >= 15 is 0 Å². The van der Waals surface area contributed by atoms with Crippen LogP contribution in [-0.2, 0) is 11.3 Å². The first kappa shape index (κ1) is 34.8. The number of carbonyl (C=O) groups excluding carboxylic acids is 1. The third-order valence-corrected chi connectivity index (χ3v) is 8.03. The van der Waals surface area contributed by atoms with E-state index in [1.165, 1.54) is 18.9 Å². The Labute approximate surface area is 260 Å². The molecule has 0 saturated carbocycles. The first-order valence-corrected chi connectivity index (χ1v) is 15.9. The molecule has 240 valence electrons. The quantitative estimate of drug-likeness (QED) is 0.0661. The van der Waals surface area contributed by atoms with Crippen molar-refractivity contribution < 1.29 is 24.2 Å². The van der Waals surface area contributed by atoms with E-state index in [-0.39, 0.29) is 12.3 Å². The van der Waals surface area contributed by atoms with E-state index in [9.17, 15) is 19.8 Å². The molecule has 0 radical (unpaired) electrons. The number of carbonyl (C=O) groups is 1. The lowest BCUT2D eigenvalue weighted by Crippen LogP contribution is -2.45. The lowest BCUT2D eigenvalue weighted by atomic mass is 9.98. The summed E-state index contributed by atoms with van der Waals surface area (Å²) in [5.74, 6) is 2.67. The van der Waals surface area contributed by atoms with Gasteiger partial charge in [-0.15, -0.1) is 12.3 Å². The molecule has 2 atom stereocenters. The summed E-state index contributed by atoms with van der Waals surface area (Å²) in [6.45, 7) is 5.10. The number of ether oxygens (including phenoxy) is 1. The van der Waals surface area contributed by atoms with Crippen LogP contribution in [0.4, 0.5) is 10.5 Å². The molecular weight excluding hydrogens is 560 g/mol. The molecule has 44 heavy (non-hydrogen) atoms. The fourth-order valence-electron chi connectivity index (χ4n) is 5.32. The van der Waals surface area contributed by atoms with Gasteiger partial charge in [0.1, 0.15) is 12.2 Å². The molecule has 1 aromatic heterocycles. The predicted molar refractivity (Wildman–Crippen MR) is 173 cm³/mol. The van der Waals surface area contributed by atoms with Crippen LogP contribution in [0.3, 0.4) is 0 Å². The number of rotatable bonds is 21. The van der Waals surface area contributed by atoms with Gasteiger partial charge in [-0.25, -0.2) is 9.59 Å². The smallest absolute Gasteiger partial charge is 0.407 e. The van der Waals surface area contributed by atoms with Crippen molar-refractivity contribution in [1.82, 2.24) is 5.32 Å². The minimum atomic E-state index is -1.07. The zero-order chi connectivity index (χ0) is 31.8. The van der Waals surface area contributed by atoms with E-state index in [1.807, 2.05) is 32.1 Å². The van der Waals surface area contributed by atoms with Crippen molar-refractivity contribution in [3.8, 4) is 12.3 Å². The number of fused-ring (bicyclic) bond motifs is 1. The SMILES string of the molecule is C#CCCCC1(CCCCCCCC/C=C/[C@@H](O)[C@H](CO)NC(=O)OCc2cc(=O)oc3cc(N(CC)CC)ccc23)N=N1. The molecule has 10 heteroatoms. The number of nitrogens with one attached hydrogen (secondary N) is 1. The molecule has 1 aliphatic heterocycles. The molecule has 1 aliphatic rings. The van der Waals surface area contributed by atoms with Gasteiger partial charge in [0.2, 0.25) is 0 Å². The molecular formula is C34H48N4O6. The average Bonchev–Trinajstić information content (AvgIpc) is 3.79. The second-order valence-electron chi connectivity index (χ2n) is 11.3. The van der Waals surface area contributed by atoms with E-state index < -0.39 is 30.5 Å². The maximum atomic E-state index is 12.5. The highest BCUT2D eigenvalue weighted by Gasteiger charge is 2.38. The van der Waals surface area contributed by atoms with Gasteiger partial charge < -0.3 is 29.6 Å². The summed E-state index contributed by atoms with van der Waals surface area (Å²) in [5.41, 5.74) is 1.18. The summed E-state index contributed by atoms with van der Waals surface area (Å²) in [6, 6.07) is 5.96. The number of aliphatic hydroxyl groups is 2. The van der Waals surface area contributed by atoms with Crippen molar-refractivity contribution in [1.29, 1.82) is 0 Å². The lowest BCUT2D eigenvalue weighted by molar-refractivity contribution is 0.0973. The number of nitrogens with zero attached hydrogens (tertiary/aromatic N) is 3. The van der Waals surface area contributed by atoms with Crippen LogP contribution in [0.15, 0.2) is 55.9 Å². The van der Waals surface area contributed by atoms with Crippen molar-refractivity contribution >= 4 is 22.7 Å². The maximum absolute atomic E-state index is 12.5. The van der Waals surface area contributed by atoms with Gasteiger partial charge in [0, 0.05) is 48.3 Å². The molecule has 3 rings (SSSR count). The normalized spacial score (nSPS) is 14.8. The highest BCUT2D eigenvalue weighted by molar-refractivity contribution is 5.83. The number of hydrogen-bond donors (Lipinski definition) is 3.